The Bertz CT molecular complexity index is 852. The zero-order valence-electron chi connectivity index (χ0n) is 16.4. The van der Waals surface area contributed by atoms with Crippen LogP contribution in [0.15, 0.2) is 40.6 Å². The number of allylic oxidation sites excluding steroid dienone is 1. The third kappa shape index (κ3) is 4.27. The maximum absolute atomic E-state index is 12.7. The molecule has 1 aromatic carbocycles. The molecule has 0 heterocycles. The SMILES string of the molecule is CCCC(=O)C1=C(O)C(C(=O)OC)C(C)(C)CC1=Nc1ccc([N+](=O)[O-])cc1. The number of nitro groups is 1. The number of rotatable bonds is 6. The van der Waals surface area contributed by atoms with Gasteiger partial charge in [-0.05, 0) is 30.4 Å². The maximum atomic E-state index is 12.7. The number of hydrogen-bond donors (Lipinski definition) is 1. The molecule has 0 saturated carbocycles. The van der Waals surface area contributed by atoms with Crippen LogP contribution in [0.1, 0.15) is 40.0 Å². The molecule has 2 rings (SSSR count). The standard InChI is InChI=1S/C20H24N2O6/c1-5-6-15(23)16-14(21-12-7-9-13(10-8-12)22(26)27)11-20(2,3)17(18(16)24)19(25)28-4/h7-10,17,24H,5-6,11H2,1-4H3. The minimum absolute atomic E-state index is 0.0370. The molecule has 1 atom stereocenters. The monoisotopic (exact) mass is 388 g/mol. The van der Waals surface area contributed by atoms with Gasteiger partial charge in [0.15, 0.2) is 5.78 Å². The molecule has 0 bridgehead atoms. The lowest BCUT2D eigenvalue weighted by Gasteiger charge is -2.37. The molecule has 1 aliphatic carbocycles. The van der Waals surface area contributed by atoms with Crippen LogP contribution in [0.2, 0.25) is 0 Å². The molecule has 1 aliphatic rings. The van der Waals surface area contributed by atoms with Crippen molar-refractivity contribution in [1.82, 2.24) is 0 Å². The number of aliphatic imine (C=N–C) groups is 1. The van der Waals surface area contributed by atoms with E-state index in [0.717, 1.165) is 0 Å². The number of aliphatic hydroxyl groups is 1. The largest absolute Gasteiger partial charge is 0.511 e. The van der Waals surface area contributed by atoms with Crippen molar-refractivity contribution in [2.45, 2.75) is 40.0 Å². The number of ketones is 1. The van der Waals surface area contributed by atoms with E-state index in [9.17, 15) is 24.8 Å². The summed E-state index contributed by atoms with van der Waals surface area (Å²) in [6, 6.07) is 5.59. The zero-order chi connectivity index (χ0) is 21.1. The fourth-order valence-corrected chi connectivity index (χ4v) is 3.39. The van der Waals surface area contributed by atoms with E-state index >= 15 is 0 Å². The van der Waals surface area contributed by atoms with E-state index in [1.807, 2.05) is 6.92 Å². The van der Waals surface area contributed by atoms with E-state index < -0.39 is 22.2 Å². The summed E-state index contributed by atoms with van der Waals surface area (Å²) in [5, 5.41) is 21.6. The lowest BCUT2D eigenvalue weighted by molar-refractivity contribution is -0.384. The number of benzene rings is 1. The van der Waals surface area contributed by atoms with E-state index in [-0.39, 0.29) is 35.6 Å². The molecule has 8 heteroatoms. The quantitative estimate of drug-likeness (QED) is 0.446. The van der Waals surface area contributed by atoms with Crippen LogP contribution >= 0.6 is 0 Å². The second-order valence-corrected chi connectivity index (χ2v) is 7.39. The van der Waals surface area contributed by atoms with E-state index in [4.69, 9.17) is 4.74 Å². The Morgan fingerprint density at radius 3 is 2.43 bits per heavy atom. The summed E-state index contributed by atoms with van der Waals surface area (Å²) in [7, 11) is 1.24. The van der Waals surface area contributed by atoms with Gasteiger partial charge in [-0.1, -0.05) is 20.8 Å². The first-order valence-electron chi connectivity index (χ1n) is 8.99. The van der Waals surface area contributed by atoms with Crippen molar-refractivity contribution in [3.8, 4) is 0 Å². The van der Waals surface area contributed by atoms with Crippen LogP contribution in [-0.4, -0.2) is 34.6 Å². The van der Waals surface area contributed by atoms with Gasteiger partial charge in [-0.2, -0.15) is 0 Å². The molecule has 0 fully saturated rings. The summed E-state index contributed by atoms with van der Waals surface area (Å²) < 4.78 is 4.82. The molecule has 0 aliphatic heterocycles. The first kappa shape index (κ1) is 21.3. The average Bonchev–Trinajstić information content (AvgIpc) is 2.61. The van der Waals surface area contributed by atoms with Gasteiger partial charge in [0.1, 0.15) is 11.7 Å². The Kier molecular flexibility index (Phi) is 6.33. The van der Waals surface area contributed by atoms with E-state index in [1.165, 1.54) is 31.4 Å². The van der Waals surface area contributed by atoms with Gasteiger partial charge in [-0.15, -0.1) is 0 Å². The van der Waals surface area contributed by atoms with Crippen molar-refractivity contribution >= 4 is 28.8 Å². The molecule has 0 saturated heterocycles. The molecule has 28 heavy (non-hydrogen) atoms. The fraction of sp³-hybridized carbons (Fsp3) is 0.450. The van der Waals surface area contributed by atoms with Crippen LogP contribution in [-0.2, 0) is 14.3 Å². The minimum atomic E-state index is -0.968. The zero-order valence-corrected chi connectivity index (χ0v) is 16.4. The molecule has 1 N–H and O–H groups in total. The predicted molar refractivity (Wildman–Crippen MR) is 104 cm³/mol. The lowest BCUT2D eigenvalue weighted by atomic mass is 9.67. The molecule has 1 unspecified atom stereocenters. The van der Waals surface area contributed by atoms with Crippen LogP contribution in [0.25, 0.3) is 0 Å². The number of esters is 1. The van der Waals surface area contributed by atoms with Crippen molar-refractivity contribution < 1.29 is 24.4 Å². The van der Waals surface area contributed by atoms with Crippen LogP contribution < -0.4 is 0 Å². The maximum Gasteiger partial charge on any atom is 0.316 e. The smallest absolute Gasteiger partial charge is 0.316 e. The minimum Gasteiger partial charge on any atom is -0.511 e. The number of hydrogen-bond acceptors (Lipinski definition) is 7. The van der Waals surface area contributed by atoms with Crippen LogP contribution in [0.5, 0.6) is 0 Å². The van der Waals surface area contributed by atoms with Gasteiger partial charge in [-0.25, -0.2) is 0 Å². The second kappa shape index (κ2) is 8.33. The number of Topliss-reactive ketones (excluding diaryl/α,β-unsaturated/α-hetero) is 1. The van der Waals surface area contributed by atoms with Crippen molar-refractivity contribution in [1.29, 1.82) is 0 Å². The number of carbonyl (C=O) groups excluding carboxylic acids is 2. The van der Waals surface area contributed by atoms with Crippen molar-refractivity contribution in [2.75, 3.05) is 7.11 Å². The number of methoxy groups -OCH3 is 1. The number of ether oxygens (including phenoxy) is 1. The molecular formula is C20H24N2O6. The number of carbonyl (C=O) groups is 2. The predicted octanol–water partition coefficient (Wildman–Crippen LogP) is 4.07. The molecule has 1 aromatic rings. The lowest BCUT2D eigenvalue weighted by Crippen LogP contribution is -2.41. The molecule has 0 aromatic heterocycles. The third-order valence-corrected chi connectivity index (χ3v) is 4.74. The number of nitro benzene ring substituents is 1. The van der Waals surface area contributed by atoms with Crippen molar-refractivity contribution in [3.05, 3.63) is 45.7 Å². The summed E-state index contributed by atoms with van der Waals surface area (Å²) >= 11 is 0. The first-order chi connectivity index (χ1) is 13.1. The summed E-state index contributed by atoms with van der Waals surface area (Å²) in [5.41, 5.74) is 0.0130. The Labute approximate surface area is 163 Å². The van der Waals surface area contributed by atoms with Crippen LogP contribution in [0, 0.1) is 21.4 Å². The Hall–Kier alpha value is -3.03. The first-order valence-corrected chi connectivity index (χ1v) is 8.99. The topological polar surface area (TPSA) is 119 Å². The Morgan fingerprint density at radius 1 is 1.32 bits per heavy atom. The summed E-state index contributed by atoms with van der Waals surface area (Å²) in [6.07, 6.45) is 1.04. The average molecular weight is 388 g/mol. The van der Waals surface area contributed by atoms with Gasteiger partial charge in [0.05, 0.1) is 29.0 Å². The van der Waals surface area contributed by atoms with Gasteiger partial charge in [0, 0.05) is 18.6 Å². The van der Waals surface area contributed by atoms with Crippen molar-refractivity contribution in [3.63, 3.8) is 0 Å². The van der Waals surface area contributed by atoms with E-state index in [0.29, 0.717) is 17.8 Å². The number of non-ortho nitro benzene ring substituents is 1. The highest BCUT2D eigenvalue weighted by molar-refractivity contribution is 6.24. The highest BCUT2D eigenvalue weighted by atomic mass is 16.6. The van der Waals surface area contributed by atoms with Gasteiger partial charge in [-0.3, -0.25) is 24.7 Å². The van der Waals surface area contributed by atoms with E-state index in [1.54, 1.807) is 13.8 Å². The number of nitrogens with zero attached hydrogens (tertiary/aromatic N) is 2. The molecule has 0 amide bonds. The van der Waals surface area contributed by atoms with E-state index in [2.05, 4.69) is 4.99 Å². The highest BCUT2D eigenvalue weighted by Gasteiger charge is 2.47. The Balaban J connectivity index is 2.60. The molecule has 8 nitrogen and oxygen atoms in total. The molecular weight excluding hydrogens is 364 g/mol. The highest BCUT2D eigenvalue weighted by Crippen LogP contribution is 2.43. The molecule has 150 valence electrons. The third-order valence-electron chi connectivity index (χ3n) is 4.74. The summed E-state index contributed by atoms with van der Waals surface area (Å²) in [5.74, 6) is -2.21. The summed E-state index contributed by atoms with van der Waals surface area (Å²) in [4.78, 5) is 39.7. The van der Waals surface area contributed by atoms with Gasteiger partial charge < -0.3 is 9.84 Å². The fourth-order valence-electron chi connectivity index (χ4n) is 3.39. The number of aliphatic hydroxyl groups excluding tert-OH is 1. The van der Waals surface area contributed by atoms with Gasteiger partial charge >= 0.3 is 5.97 Å². The van der Waals surface area contributed by atoms with Crippen LogP contribution in [0.3, 0.4) is 0 Å². The van der Waals surface area contributed by atoms with Gasteiger partial charge in [0.25, 0.3) is 5.69 Å². The van der Waals surface area contributed by atoms with Crippen LogP contribution in [0.4, 0.5) is 11.4 Å². The normalized spacial score (nSPS) is 20.1. The molecule has 0 radical (unpaired) electrons. The summed E-state index contributed by atoms with van der Waals surface area (Å²) in [6.45, 7) is 5.42. The second-order valence-electron chi connectivity index (χ2n) is 7.39. The molecule has 0 spiro atoms. The van der Waals surface area contributed by atoms with Crippen molar-refractivity contribution in [2.24, 2.45) is 16.3 Å². The van der Waals surface area contributed by atoms with Gasteiger partial charge in [0.2, 0.25) is 0 Å². The Morgan fingerprint density at radius 2 is 1.93 bits per heavy atom.